The summed E-state index contributed by atoms with van der Waals surface area (Å²) >= 11 is 3.62. The average molecular weight is 154 g/mol. The lowest BCUT2D eigenvalue weighted by atomic mass is 10.3. The molecule has 0 bridgehead atoms. The van der Waals surface area contributed by atoms with Crippen molar-refractivity contribution in [2.45, 2.75) is 6.92 Å². The maximum absolute atomic E-state index is 2.21. The third-order valence-corrected chi connectivity index (χ3v) is 3.37. The first kappa shape index (κ1) is 5.45. The fourth-order valence-electron chi connectivity index (χ4n) is 0.879. The highest BCUT2D eigenvalue weighted by atomic mass is 32.1. The smallest absolute Gasteiger partial charge is 0.0452 e. The monoisotopic (exact) mass is 154 g/mol. The lowest BCUT2D eigenvalue weighted by Crippen LogP contribution is -1.55. The van der Waals surface area contributed by atoms with Gasteiger partial charge in [-0.1, -0.05) is 0 Å². The molecule has 0 aliphatic carbocycles. The number of aryl methyl sites for hydroxylation is 1. The van der Waals surface area contributed by atoms with E-state index in [1.165, 1.54) is 15.6 Å². The molecule has 0 aliphatic heterocycles. The van der Waals surface area contributed by atoms with E-state index >= 15 is 0 Å². The van der Waals surface area contributed by atoms with Crippen molar-refractivity contribution in [3.05, 3.63) is 21.7 Å². The maximum Gasteiger partial charge on any atom is 0.0452 e. The zero-order valence-corrected chi connectivity index (χ0v) is 6.68. The van der Waals surface area contributed by atoms with E-state index in [1.54, 1.807) is 11.3 Å². The summed E-state index contributed by atoms with van der Waals surface area (Å²) in [7, 11) is 0. The number of fused-ring (bicyclic) bond motifs is 1. The summed E-state index contributed by atoms with van der Waals surface area (Å²) in [6.45, 7) is 2.16. The van der Waals surface area contributed by atoms with Crippen molar-refractivity contribution in [2.75, 3.05) is 0 Å². The molecule has 0 saturated carbocycles. The molecule has 2 rings (SSSR count). The highest BCUT2D eigenvalue weighted by molar-refractivity contribution is 7.21. The van der Waals surface area contributed by atoms with E-state index in [1.807, 2.05) is 11.3 Å². The molecule has 0 N–H and O–H groups in total. The Balaban J connectivity index is 2.99. The van der Waals surface area contributed by atoms with E-state index in [0.717, 1.165) is 0 Å². The molecule has 2 heterocycles. The van der Waals surface area contributed by atoms with E-state index < -0.39 is 0 Å². The molecule has 0 nitrogen and oxygen atoms in total. The van der Waals surface area contributed by atoms with Crippen LogP contribution >= 0.6 is 22.7 Å². The third-order valence-electron chi connectivity index (χ3n) is 1.41. The number of rotatable bonds is 0. The van der Waals surface area contributed by atoms with Crippen LogP contribution in [0.1, 0.15) is 5.56 Å². The van der Waals surface area contributed by atoms with Crippen molar-refractivity contribution in [1.82, 2.24) is 0 Å². The van der Waals surface area contributed by atoms with Gasteiger partial charge in [-0.3, -0.25) is 0 Å². The molecule has 0 spiro atoms. The van der Waals surface area contributed by atoms with Gasteiger partial charge in [0.1, 0.15) is 0 Å². The van der Waals surface area contributed by atoms with Gasteiger partial charge in [0.2, 0.25) is 0 Å². The molecule has 9 heavy (non-hydrogen) atoms. The molecule has 0 saturated heterocycles. The number of thiophene rings is 2. The second-order valence-electron chi connectivity index (χ2n) is 2.07. The van der Waals surface area contributed by atoms with Crippen molar-refractivity contribution < 1.29 is 0 Å². The summed E-state index contributed by atoms with van der Waals surface area (Å²) < 4.78 is 1.43. The second kappa shape index (κ2) is 1.82. The fourth-order valence-corrected chi connectivity index (χ4v) is 2.89. The van der Waals surface area contributed by atoms with Gasteiger partial charge in [-0.05, 0) is 23.2 Å². The van der Waals surface area contributed by atoms with Gasteiger partial charge in [-0.2, -0.15) is 11.3 Å². The standard InChI is InChI=1S/C7H6S2/c1-5-2-9-7-4-8-3-6(5)7/h2-4H,1H3. The van der Waals surface area contributed by atoms with Crippen LogP contribution in [-0.2, 0) is 0 Å². The quantitative estimate of drug-likeness (QED) is 0.546. The van der Waals surface area contributed by atoms with Crippen LogP contribution in [0, 0.1) is 6.92 Å². The summed E-state index contributed by atoms with van der Waals surface area (Å²) in [5.41, 5.74) is 1.41. The number of hydrogen-bond acceptors (Lipinski definition) is 2. The molecule has 46 valence electrons. The molecule has 0 radical (unpaired) electrons. The summed E-state index contributed by atoms with van der Waals surface area (Å²) in [6.07, 6.45) is 0. The van der Waals surface area contributed by atoms with Gasteiger partial charge < -0.3 is 0 Å². The molecule has 0 aliphatic rings. The van der Waals surface area contributed by atoms with Crippen LogP contribution in [-0.4, -0.2) is 0 Å². The van der Waals surface area contributed by atoms with Crippen LogP contribution in [0.2, 0.25) is 0 Å². The Morgan fingerprint density at radius 3 is 2.89 bits per heavy atom. The summed E-state index contributed by atoms with van der Waals surface area (Å²) in [5, 5.41) is 8.05. The van der Waals surface area contributed by atoms with Gasteiger partial charge in [0.25, 0.3) is 0 Å². The minimum atomic E-state index is 1.41. The Bertz CT molecular complexity index is 316. The van der Waals surface area contributed by atoms with Crippen molar-refractivity contribution in [3.63, 3.8) is 0 Å². The molecule has 0 fully saturated rings. The van der Waals surface area contributed by atoms with Crippen molar-refractivity contribution in [3.8, 4) is 0 Å². The zero-order valence-electron chi connectivity index (χ0n) is 5.05. The van der Waals surface area contributed by atoms with Crippen LogP contribution in [0.3, 0.4) is 0 Å². The first-order valence-corrected chi connectivity index (χ1v) is 4.60. The minimum absolute atomic E-state index is 1.41. The van der Waals surface area contributed by atoms with E-state index in [-0.39, 0.29) is 0 Å². The molecule has 0 aromatic carbocycles. The molecular weight excluding hydrogens is 148 g/mol. The van der Waals surface area contributed by atoms with Crippen LogP contribution in [0.25, 0.3) is 10.1 Å². The van der Waals surface area contributed by atoms with Crippen molar-refractivity contribution in [2.24, 2.45) is 0 Å². The minimum Gasteiger partial charge on any atom is -0.150 e. The van der Waals surface area contributed by atoms with Crippen molar-refractivity contribution in [1.29, 1.82) is 0 Å². The first-order chi connectivity index (χ1) is 4.38. The Morgan fingerprint density at radius 1 is 1.22 bits per heavy atom. The van der Waals surface area contributed by atoms with Crippen LogP contribution in [0.5, 0.6) is 0 Å². The van der Waals surface area contributed by atoms with Crippen molar-refractivity contribution >= 4 is 32.8 Å². The van der Waals surface area contributed by atoms with E-state index in [4.69, 9.17) is 0 Å². The lowest BCUT2D eigenvalue weighted by Gasteiger charge is -1.75. The van der Waals surface area contributed by atoms with Gasteiger partial charge in [-0.15, -0.1) is 11.3 Å². The Kier molecular flexibility index (Phi) is 1.10. The Morgan fingerprint density at radius 2 is 2.11 bits per heavy atom. The summed E-state index contributed by atoms with van der Waals surface area (Å²) in [6, 6.07) is 0. The van der Waals surface area contributed by atoms with Gasteiger partial charge >= 0.3 is 0 Å². The SMILES string of the molecule is Cc1csc2cscc12. The summed E-state index contributed by atoms with van der Waals surface area (Å²) in [4.78, 5) is 0. The van der Waals surface area contributed by atoms with E-state index in [0.29, 0.717) is 0 Å². The van der Waals surface area contributed by atoms with Gasteiger partial charge in [-0.25, -0.2) is 0 Å². The predicted octanol–water partition coefficient (Wildman–Crippen LogP) is 3.27. The van der Waals surface area contributed by atoms with Crippen LogP contribution in [0.4, 0.5) is 0 Å². The Labute approximate surface area is 61.8 Å². The first-order valence-electron chi connectivity index (χ1n) is 2.78. The van der Waals surface area contributed by atoms with Gasteiger partial charge in [0.05, 0.1) is 0 Å². The van der Waals surface area contributed by atoms with Gasteiger partial charge in [0.15, 0.2) is 0 Å². The Hall–Kier alpha value is -0.340. The highest BCUT2D eigenvalue weighted by Gasteiger charge is 1.97. The highest BCUT2D eigenvalue weighted by Crippen LogP contribution is 2.28. The summed E-state index contributed by atoms with van der Waals surface area (Å²) in [5.74, 6) is 0. The molecule has 2 heteroatoms. The largest absolute Gasteiger partial charge is 0.150 e. The van der Waals surface area contributed by atoms with E-state index in [9.17, 15) is 0 Å². The normalized spacial score (nSPS) is 10.8. The zero-order chi connectivity index (χ0) is 6.27. The third kappa shape index (κ3) is 0.705. The molecule has 0 atom stereocenters. The molecule has 0 unspecified atom stereocenters. The fraction of sp³-hybridized carbons (Fsp3) is 0.143. The molecular formula is C7H6S2. The van der Waals surface area contributed by atoms with Gasteiger partial charge in [0, 0.05) is 15.5 Å². The van der Waals surface area contributed by atoms with E-state index in [2.05, 4.69) is 23.1 Å². The average Bonchev–Trinajstić information content (AvgIpc) is 2.35. The predicted molar refractivity (Wildman–Crippen MR) is 44.4 cm³/mol. The lowest BCUT2D eigenvalue weighted by molar-refractivity contribution is 1.61. The molecule has 0 amide bonds. The molecule has 2 aromatic heterocycles. The second-order valence-corrected chi connectivity index (χ2v) is 3.72. The number of hydrogen-bond donors (Lipinski definition) is 0. The maximum atomic E-state index is 2.21. The van der Waals surface area contributed by atoms with Crippen LogP contribution in [0.15, 0.2) is 16.1 Å². The molecule has 2 aromatic rings. The topological polar surface area (TPSA) is 0 Å². The van der Waals surface area contributed by atoms with Crippen LogP contribution < -0.4 is 0 Å².